The van der Waals surface area contributed by atoms with Gasteiger partial charge in [-0.05, 0) is 35.9 Å². The quantitative estimate of drug-likeness (QED) is 0.869. The van der Waals surface area contributed by atoms with Crippen LogP contribution in [0.15, 0.2) is 29.9 Å². The van der Waals surface area contributed by atoms with E-state index < -0.39 is 0 Å². The molecule has 0 unspecified atom stereocenters. The molecular weight excluding hydrogens is 310 g/mol. The van der Waals surface area contributed by atoms with Crippen molar-refractivity contribution in [1.82, 2.24) is 14.7 Å². The number of hydrogen-bond acceptors (Lipinski definition) is 4. The molecule has 122 valence electrons. The number of rotatable bonds is 3. The molecule has 0 saturated carbocycles. The Morgan fingerprint density at radius 3 is 3.30 bits per heavy atom. The molecule has 0 spiro atoms. The number of amides is 1. The van der Waals surface area contributed by atoms with Crippen LogP contribution in [-0.4, -0.2) is 40.3 Å². The molecule has 0 radical (unpaired) electrons. The fourth-order valence-corrected chi connectivity index (χ4v) is 4.49. The Morgan fingerprint density at radius 2 is 2.43 bits per heavy atom. The van der Waals surface area contributed by atoms with Gasteiger partial charge in [0.2, 0.25) is 5.91 Å². The lowest BCUT2D eigenvalue weighted by molar-refractivity contribution is -0.136. The van der Waals surface area contributed by atoms with E-state index in [4.69, 9.17) is 4.74 Å². The number of likely N-dealkylation sites (tertiary alicyclic amines) is 1. The van der Waals surface area contributed by atoms with Crippen molar-refractivity contribution < 1.29 is 9.53 Å². The first-order chi connectivity index (χ1) is 11.3. The summed E-state index contributed by atoms with van der Waals surface area (Å²) in [6.45, 7) is 2.32. The van der Waals surface area contributed by atoms with Crippen LogP contribution in [0.4, 0.5) is 0 Å². The molecule has 0 bridgehead atoms. The highest BCUT2D eigenvalue weighted by Crippen LogP contribution is 2.34. The molecule has 1 amide bonds. The minimum absolute atomic E-state index is 0.0671. The lowest BCUT2D eigenvalue weighted by Crippen LogP contribution is -2.41. The van der Waals surface area contributed by atoms with Crippen molar-refractivity contribution in [2.45, 2.75) is 37.8 Å². The van der Waals surface area contributed by atoms with Gasteiger partial charge in [-0.3, -0.25) is 9.48 Å². The molecule has 2 aliphatic heterocycles. The Hall–Kier alpha value is -1.66. The fraction of sp³-hybridized carbons (Fsp3) is 0.529. The molecular formula is C17H21N3O2S. The van der Waals surface area contributed by atoms with E-state index in [1.807, 2.05) is 21.8 Å². The summed E-state index contributed by atoms with van der Waals surface area (Å²) >= 11 is 1.77. The Labute approximate surface area is 139 Å². The predicted octanol–water partition coefficient (Wildman–Crippen LogP) is 2.81. The Bertz CT molecular complexity index is 667. The molecule has 2 aliphatic rings. The first-order valence-electron chi connectivity index (χ1n) is 8.26. The van der Waals surface area contributed by atoms with E-state index in [-0.39, 0.29) is 12.0 Å². The van der Waals surface area contributed by atoms with Crippen LogP contribution in [0, 0.1) is 0 Å². The number of hydrogen-bond donors (Lipinski definition) is 0. The molecule has 6 heteroatoms. The van der Waals surface area contributed by atoms with Crippen LogP contribution in [0.5, 0.6) is 0 Å². The van der Waals surface area contributed by atoms with Crippen LogP contribution in [0.2, 0.25) is 0 Å². The number of nitrogens with zero attached hydrogens (tertiary/aromatic N) is 3. The molecule has 23 heavy (non-hydrogen) atoms. The summed E-state index contributed by atoms with van der Waals surface area (Å²) in [6, 6.07) is 4.35. The average molecular weight is 331 g/mol. The van der Waals surface area contributed by atoms with Crippen LogP contribution in [0.1, 0.15) is 41.8 Å². The van der Waals surface area contributed by atoms with Gasteiger partial charge in [0.15, 0.2) is 0 Å². The first kappa shape index (κ1) is 14.9. The molecule has 0 aromatic carbocycles. The smallest absolute Gasteiger partial charge is 0.225 e. The highest BCUT2D eigenvalue weighted by atomic mass is 32.1. The summed E-state index contributed by atoms with van der Waals surface area (Å²) in [5.41, 5.74) is 1.22. The molecule has 2 aromatic heterocycles. The van der Waals surface area contributed by atoms with Gasteiger partial charge >= 0.3 is 0 Å². The number of aromatic nitrogens is 2. The molecule has 1 fully saturated rings. The SMILES string of the molecule is O=C(C[C@H]1OCCc2sccc21)N1CCC[C@H](n2cccn2)C1. The second-order valence-corrected chi connectivity index (χ2v) is 7.24. The standard InChI is InChI=1S/C17H21N3O2S/c21-17(11-15-14-5-10-23-16(14)4-9-22-15)19-7-1-3-13(12-19)20-8-2-6-18-20/h2,5-6,8,10,13,15H,1,3-4,7,9,11-12H2/t13-,15+/m0/s1. The van der Waals surface area contributed by atoms with E-state index in [0.29, 0.717) is 12.5 Å². The molecule has 2 atom stereocenters. The monoisotopic (exact) mass is 331 g/mol. The second-order valence-electron chi connectivity index (χ2n) is 6.23. The summed E-state index contributed by atoms with van der Waals surface area (Å²) in [5, 5.41) is 6.43. The number of thiophene rings is 1. The second kappa shape index (κ2) is 6.45. The largest absolute Gasteiger partial charge is 0.373 e. The molecule has 4 heterocycles. The minimum atomic E-state index is -0.0671. The molecule has 0 N–H and O–H groups in total. The van der Waals surface area contributed by atoms with E-state index in [9.17, 15) is 4.79 Å². The van der Waals surface area contributed by atoms with Crippen LogP contribution >= 0.6 is 11.3 Å². The van der Waals surface area contributed by atoms with Crippen molar-refractivity contribution in [3.63, 3.8) is 0 Å². The maximum absolute atomic E-state index is 12.7. The summed E-state index contributed by atoms with van der Waals surface area (Å²) in [5.74, 6) is 0.200. The van der Waals surface area contributed by atoms with Gasteiger partial charge in [-0.25, -0.2) is 0 Å². The molecule has 4 rings (SSSR count). The van der Waals surface area contributed by atoms with E-state index in [1.165, 1.54) is 10.4 Å². The predicted molar refractivity (Wildman–Crippen MR) is 88.4 cm³/mol. The van der Waals surface area contributed by atoms with Gasteiger partial charge in [-0.1, -0.05) is 0 Å². The van der Waals surface area contributed by atoms with E-state index in [0.717, 1.165) is 39.0 Å². The molecule has 1 saturated heterocycles. The Kier molecular flexibility index (Phi) is 4.18. The number of fused-ring (bicyclic) bond motifs is 1. The van der Waals surface area contributed by atoms with E-state index >= 15 is 0 Å². The van der Waals surface area contributed by atoms with Gasteiger partial charge in [0.25, 0.3) is 0 Å². The van der Waals surface area contributed by atoms with Gasteiger partial charge in [0.05, 0.1) is 25.2 Å². The zero-order valence-electron chi connectivity index (χ0n) is 13.1. The van der Waals surface area contributed by atoms with Crippen LogP contribution in [0.3, 0.4) is 0 Å². The summed E-state index contributed by atoms with van der Waals surface area (Å²) in [4.78, 5) is 16.1. The molecule has 0 aliphatic carbocycles. The fourth-order valence-electron chi connectivity index (χ4n) is 3.57. The van der Waals surface area contributed by atoms with Crippen LogP contribution in [-0.2, 0) is 16.0 Å². The highest BCUT2D eigenvalue weighted by molar-refractivity contribution is 7.10. The van der Waals surface area contributed by atoms with Crippen molar-refractivity contribution in [3.05, 3.63) is 40.3 Å². The molecule has 2 aromatic rings. The Balaban J connectivity index is 1.42. The van der Waals surface area contributed by atoms with Gasteiger partial charge in [0.1, 0.15) is 0 Å². The van der Waals surface area contributed by atoms with Gasteiger partial charge in [-0.15, -0.1) is 11.3 Å². The third-order valence-corrected chi connectivity index (χ3v) is 5.78. The lowest BCUT2D eigenvalue weighted by atomic mass is 10.0. The summed E-state index contributed by atoms with van der Waals surface area (Å²) in [7, 11) is 0. The topological polar surface area (TPSA) is 47.4 Å². The zero-order chi connectivity index (χ0) is 15.6. The number of carbonyl (C=O) groups is 1. The first-order valence-corrected chi connectivity index (χ1v) is 9.14. The van der Waals surface area contributed by atoms with Crippen molar-refractivity contribution in [2.24, 2.45) is 0 Å². The van der Waals surface area contributed by atoms with Crippen LogP contribution in [0.25, 0.3) is 0 Å². The lowest BCUT2D eigenvalue weighted by Gasteiger charge is -2.34. The van der Waals surface area contributed by atoms with Crippen molar-refractivity contribution >= 4 is 17.2 Å². The zero-order valence-corrected chi connectivity index (χ0v) is 13.9. The van der Waals surface area contributed by atoms with Crippen molar-refractivity contribution in [2.75, 3.05) is 19.7 Å². The van der Waals surface area contributed by atoms with Crippen molar-refractivity contribution in [1.29, 1.82) is 0 Å². The number of carbonyl (C=O) groups excluding carboxylic acids is 1. The van der Waals surface area contributed by atoms with Gasteiger partial charge in [0, 0.05) is 36.8 Å². The summed E-state index contributed by atoms with van der Waals surface area (Å²) < 4.78 is 7.84. The third-order valence-electron chi connectivity index (χ3n) is 4.78. The van der Waals surface area contributed by atoms with E-state index in [1.54, 1.807) is 17.5 Å². The van der Waals surface area contributed by atoms with Gasteiger partial charge < -0.3 is 9.64 Å². The number of piperidine rings is 1. The third kappa shape index (κ3) is 3.05. The van der Waals surface area contributed by atoms with E-state index in [2.05, 4.69) is 16.5 Å². The van der Waals surface area contributed by atoms with Gasteiger partial charge in [-0.2, -0.15) is 5.10 Å². The maximum Gasteiger partial charge on any atom is 0.225 e. The minimum Gasteiger partial charge on any atom is -0.373 e. The normalized spacial score (nSPS) is 24.4. The van der Waals surface area contributed by atoms with Crippen LogP contribution < -0.4 is 0 Å². The maximum atomic E-state index is 12.7. The van der Waals surface area contributed by atoms with Crippen molar-refractivity contribution in [3.8, 4) is 0 Å². The Morgan fingerprint density at radius 1 is 1.48 bits per heavy atom. The average Bonchev–Trinajstić information content (AvgIpc) is 3.27. The molecule has 5 nitrogen and oxygen atoms in total. The number of ether oxygens (including phenoxy) is 1. The summed E-state index contributed by atoms with van der Waals surface area (Å²) in [6.07, 6.45) is 7.27. The highest BCUT2D eigenvalue weighted by Gasteiger charge is 2.29.